The maximum atomic E-state index is 11.6. The lowest BCUT2D eigenvalue weighted by Gasteiger charge is -2.23. The molecule has 0 aliphatic rings. The molecule has 0 radical (unpaired) electrons. The third kappa shape index (κ3) is 9.01. The minimum absolute atomic E-state index is 0.0926. The largest absolute Gasteiger partial charge is 0.480 e. The Labute approximate surface area is 113 Å². The summed E-state index contributed by atoms with van der Waals surface area (Å²) in [4.78, 5) is 35.0. The van der Waals surface area contributed by atoms with E-state index < -0.39 is 17.9 Å². The standard InChI is InChI=1S/C12H23N3O4/c1-4-5-6-13-12(19)14-10(16)7-15(9(2)3)8-11(17)18/h9H,4-8H2,1-3H3,(H,17,18)(H2,13,14,16,19). The molecule has 0 aromatic heterocycles. The van der Waals surface area contributed by atoms with Gasteiger partial charge in [0.2, 0.25) is 5.91 Å². The predicted molar refractivity (Wildman–Crippen MR) is 70.8 cm³/mol. The predicted octanol–water partition coefficient (Wildman–Crippen LogP) is 0.407. The molecule has 0 spiro atoms. The van der Waals surface area contributed by atoms with Crippen LogP contribution in [0.25, 0.3) is 0 Å². The van der Waals surface area contributed by atoms with E-state index in [0.717, 1.165) is 12.8 Å². The first-order chi connectivity index (χ1) is 8.86. The van der Waals surface area contributed by atoms with Gasteiger partial charge in [-0.15, -0.1) is 0 Å². The number of carboxylic acids is 1. The Hall–Kier alpha value is -1.63. The molecule has 7 nitrogen and oxygen atoms in total. The molecule has 0 aliphatic carbocycles. The summed E-state index contributed by atoms with van der Waals surface area (Å²) in [6.07, 6.45) is 1.80. The molecule has 7 heteroatoms. The molecule has 0 saturated heterocycles. The molecule has 0 bridgehead atoms. The average molecular weight is 273 g/mol. The quantitative estimate of drug-likeness (QED) is 0.556. The Morgan fingerprint density at radius 3 is 2.32 bits per heavy atom. The van der Waals surface area contributed by atoms with Gasteiger partial charge in [0, 0.05) is 12.6 Å². The van der Waals surface area contributed by atoms with Crippen LogP contribution in [-0.4, -0.2) is 53.6 Å². The number of hydrogen-bond donors (Lipinski definition) is 3. The van der Waals surface area contributed by atoms with Crippen LogP contribution >= 0.6 is 0 Å². The summed E-state index contributed by atoms with van der Waals surface area (Å²) < 4.78 is 0. The van der Waals surface area contributed by atoms with Crippen molar-refractivity contribution in [3.63, 3.8) is 0 Å². The zero-order valence-corrected chi connectivity index (χ0v) is 11.7. The highest BCUT2D eigenvalue weighted by atomic mass is 16.4. The zero-order valence-electron chi connectivity index (χ0n) is 11.7. The molecule has 0 saturated carbocycles. The van der Waals surface area contributed by atoms with Crippen LogP contribution in [0, 0.1) is 0 Å². The Morgan fingerprint density at radius 2 is 1.84 bits per heavy atom. The Morgan fingerprint density at radius 1 is 1.21 bits per heavy atom. The van der Waals surface area contributed by atoms with Crippen molar-refractivity contribution in [1.82, 2.24) is 15.5 Å². The van der Waals surface area contributed by atoms with Crippen molar-refractivity contribution in [3.8, 4) is 0 Å². The SMILES string of the molecule is CCCCNC(=O)NC(=O)CN(CC(=O)O)C(C)C. The first-order valence-corrected chi connectivity index (χ1v) is 6.40. The van der Waals surface area contributed by atoms with E-state index in [1.807, 2.05) is 6.92 Å². The van der Waals surface area contributed by atoms with Crippen molar-refractivity contribution in [2.45, 2.75) is 39.7 Å². The van der Waals surface area contributed by atoms with Gasteiger partial charge in [0.15, 0.2) is 0 Å². The third-order valence-corrected chi connectivity index (χ3v) is 2.48. The number of carbonyl (C=O) groups is 3. The van der Waals surface area contributed by atoms with E-state index in [4.69, 9.17) is 5.11 Å². The fourth-order valence-electron chi connectivity index (χ4n) is 1.37. The fraction of sp³-hybridized carbons (Fsp3) is 0.750. The maximum absolute atomic E-state index is 11.6. The topological polar surface area (TPSA) is 98.7 Å². The summed E-state index contributed by atoms with van der Waals surface area (Å²) in [7, 11) is 0. The van der Waals surface area contributed by atoms with Gasteiger partial charge < -0.3 is 10.4 Å². The first-order valence-electron chi connectivity index (χ1n) is 6.40. The number of carboxylic acid groups (broad SMARTS) is 1. The molecule has 3 N–H and O–H groups in total. The molecular weight excluding hydrogens is 250 g/mol. The second-order valence-electron chi connectivity index (χ2n) is 4.55. The minimum Gasteiger partial charge on any atom is -0.480 e. The number of nitrogens with one attached hydrogen (secondary N) is 2. The number of urea groups is 1. The van der Waals surface area contributed by atoms with Gasteiger partial charge in [-0.05, 0) is 20.3 Å². The van der Waals surface area contributed by atoms with E-state index in [1.54, 1.807) is 13.8 Å². The van der Waals surface area contributed by atoms with E-state index in [1.165, 1.54) is 4.90 Å². The van der Waals surface area contributed by atoms with Crippen LogP contribution in [0.1, 0.15) is 33.6 Å². The van der Waals surface area contributed by atoms with Gasteiger partial charge in [-0.25, -0.2) is 4.79 Å². The summed E-state index contributed by atoms with van der Waals surface area (Å²) in [5.41, 5.74) is 0. The summed E-state index contributed by atoms with van der Waals surface area (Å²) >= 11 is 0. The first kappa shape index (κ1) is 17.4. The molecule has 0 heterocycles. The van der Waals surface area contributed by atoms with Gasteiger partial charge >= 0.3 is 12.0 Å². The highest BCUT2D eigenvalue weighted by Crippen LogP contribution is 1.97. The molecule has 110 valence electrons. The molecule has 3 amide bonds. The van der Waals surface area contributed by atoms with E-state index in [0.29, 0.717) is 6.54 Å². The van der Waals surface area contributed by atoms with Crippen LogP contribution in [0.3, 0.4) is 0 Å². The van der Waals surface area contributed by atoms with Crippen LogP contribution in [0.2, 0.25) is 0 Å². The number of rotatable bonds is 8. The van der Waals surface area contributed by atoms with Gasteiger partial charge in [0.1, 0.15) is 0 Å². The Kier molecular flexibility index (Phi) is 8.52. The Bertz CT molecular complexity index is 318. The number of amides is 3. The summed E-state index contributed by atoms with van der Waals surface area (Å²) in [5, 5.41) is 13.4. The number of nitrogens with zero attached hydrogens (tertiary/aromatic N) is 1. The van der Waals surface area contributed by atoms with Gasteiger partial charge in [-0.2, -0.15) is 0 Å². The molecule has 0 atom stereocenters. The molecule has 0 rings (SSSR count). The summed E-state index contributed by atoms with van der Waals surface area (Å²) in [5.74, 6) is -1.52. The molecule has 0 fully saturated rings. The van der Waals surface area contributed by atoms with Crippen LogP contribution in [-0.2, 0) is 9.59 Å². The minimum atomic E-state index is -1.01. The molecule has 0 aliphatic heterocycles. The van der Waals surface area contributed by atoms with Crippen molar-refractivity contribution >= 4 is 17.9 Å². The number of hydrogen-bond acceptors (Lipinski definition) is 4. The second kappa shape index (κ2) is 9.32. The van der Waals surface area contributed by atoms with Crippen molar-refractivity contribution < 1.29 is 19.5 Å². The van der Waals surface area contributed by atoms with Gasteiger partial charge in [0.25, 0.3) is 0 Å². The molecule has 0 unspecified atom stereocenters. The zero-order chi connectivity index (χ0) is 14.8. The summed E-state index contributed by atoms with van der Waals surface area (Å²) in [6.45, 7) is 5.73. The maximum Gasteiger partial charge on any atom is 0.321 e. The summed E-state index contributed by atoms with van der Waals surface area (Å²) in [6, 6.07) is -0.637. The second-order valence-corrected chi connectivity index (χ2v) is 4.55. The lowest BCUT2D eigenvalue weighted by molar-refractivity contribution is -0.139. The van der Waals surface area contributed by atoms with E-state index >= 15 is 0 Å². The van der Waals surface area contributed by atoms with Crippen LogP contribution < -0.4 is 10.6 Å². The number of carbonyl (C=O) groups excluding carboxylic acids is 2. The highest BCUT2D eigenvalue weighted by Gasteiger charge is 2.18. The van der Waals surface area contributed by atoms with Gasteiger partial charge in [-0.3, -0.25) is 19.8 Å². The van der Waals surface area contributed by atoms with Gasteiger partial charge in [0.05, 0.1) is 13.1 Å². The molecule has 0 aromatic carbocycles. The average Bonchev–Trinajstić information content (AvgIpc) is 2.27. The van der Waals surface area contributed by atoms with E-state index in [2.05, 4.69) is 10.6 Å². The fourth-order valence-corrected chi connectivity index (χ4v) is 1.37. The number of imide groups is 1. The van der Waals surface area contributed by atoms with E-state index in [9.17, 15) is 14.4 Å². The van der Waals surface area contributed by atoms with Crippen molar-refractivity contribution in [2.24, 2.45) is 0 Å². The number of unbranched alkanes of at least 4 members (excludes halogenated alkanes) is 1. The normalized spacial score (nSPS) is 10.6. The van der Waals surface area contributed by atoms with Crippen molar-refractivity contribution in [3.05, 3.63) is 0 Å². The Balaban J connectivity index is 4.11. The lowest BCUT2D eigenvalue weighted by atomic mass is 10.3. The highest BCUT2D eigenvalue weighted by molar-refractivity contribution is 5.95. The third-order valence-electron chi connectivity index (χ3n) is 2.48. The lowest BCUT2D eigenvalue weighted by Crippen LogP contribution is -2.47. The monoisotopic (exact) mass is 273 g/mol. The molecular formula is C12H23N3O4. The van der Waals surface area contributed by atoms with Crippen LogP contribution in [0.5, 0.6) is 0 Å². The van der Waals surface area contributed by atoms with Crippen LogP contribution in [0.15, 0.2) is 0 Å². The van der Waals surface area contributed by atoms with Gasteiger partial charge in [-0.1, -0.05) is 13.3 Å². The number of aliphatic carboxylic acids is 1. The molecule has 19 heavy (non-hydrogen) atoms. The van der Waals surface area contributed by atoms with E-state index in [-0.39, 0.29) is 19.1 Å². The van der Waals surface area contributed by atoms with Crippen molar-refractivity contribution in [2.75, 3.05) is 19.6 Å². The molecule has 0 aromatic rings. The van der Waals surface area contributed by atoms with Crippen LogP contribution in [0.4, 0.5) is 4.79 Å². The van der Waals surface area contributed by atoms with Crippen molar-refractivity contribution in [1.29, 1.82) is 0 Å². The smallest absolute Gasteiger partial charge is 0.321 e.